The molecule has 4 heteroatoms. The Morgan fingerprint density at radius 1 is 1.00 bits per heavy atom. The highest BCUT2D eigenvalue weighted by molar-refractivity contribution is 5.58. The predicted octanol–water partition coefficient (Wildman–Crippen LogP) is -0.745. The van der Waals surface area contributed by atoms with E-state index >= 15 is 0 Å². The second-order valence-corrected chi connectivity index (χ2v) is 2.14. The van der Waals surface area contributed by atoms with Gasteiger partial charge in [-0.15, -0.1) is 0 Å². The Labute approximate surface area is 60.0 Å². The van der Waals surface area contributed by atoms with Crippen LogP contribution in [-0.4, -0.2) is 24.7 Å². The second kappa shape index (κ2) is 5.08. The largest absolute Gasteiger partial charge is 0.302 e. The van der Waals surface area contributed by atoms with Crippen molar-refractivity contribution in [3.63, 3.8) is 0 Å². The van der Waals surface area contributed by atoms with E-state index in [2.05, 4.69) is 10.9 Å². The molecule has 2 N–H and O–H groups in total. The van der Waals surface area contributed by atoms with E-state index in [1.807, 2.05) is 0 Å². The van der Waals surface area contributed by atoms with E-state index in [4.69, 9.17) is 0 Å². The lowest BCUT2D eigenvalue weighted by atomic mass is 10.4. The average Bonchev–Trinajstić information content (AvgIpc) is 1.99. The molecule has 0 unspecified atom stereocenters. The first kappa shape index (κ1) is 9.26. The minimum Gasteiger partial charge on any atom is -0.302 e. The number of hydrazine groups is 1. The van der Waals surface area contributed by atoms with E-state index in [0.717, 1.165) is 12.6 Å². The van der Waals surface area contributed by atoms with Crippen molar-refractivity contribution in [3.05, 3.63) is 0 Å². The molecule has 0 aromatic heterocycles. The van der Waals surface area contributed by atoms with Crippen molar-refractivity contribution in [1.29, 1.82) is 0 Å². The summed E-state index contributed by atoms with van der Waals surface area (Å²) in [5, 5.41) is 0. The molecular formula is C6H12N2O2. The molecule has 0 rings (SSSR count). The van der Waals surface area contributed by atoms with Gasteiger partial charge in [0.1, 0.15) is 12.6 Å². The van der Waals surface area contributed by atoms with Crippen molar-refractivity contribution >= 4 is 12.6 Å². The number of rotatable bonds is 5. The van der Waals surface area contributed by atoms with Crippen molar-refractivity contribution in [1.82, 2.24) is 10.9 Å². The first-order valence-corrected chi connectivity index (χ1v) is 3.12. The molecular weight excluding hydrogens is 132 g/mol. The lowest BCUT2D eigenvalue weighted by molar-refractivity contribution is -0.111. The summed E-state index contributed by atoms with van der Waals surface area (Å²) in [7, 11) is 0. The summed E-state index contributed by atoms with van der Waals surface area (Å²) in [5.41, 5.74) is 5.27. The first-order chi connectivity index (χ1) is 4.70. The standard InChI is InChI=1S/C6H12N2O2/c1-5(3-9)7-8-6(2)4-10/h3-8H,1-2H3/t5-,6-/m0/s1. The van der Waals surface area contributed by atoms with Gasteiger partial charge in [-0.25, -0.2) is 10.9 Å². The van der Waals surface area contributed by atoms with Gasteiger partial charge < -0.3 is 9.59 Å². The SMILES string of the molecule is C[C@@H](C=O)NN[C@@H](C)C=O. The van der Waals surface area contributed by atoms with Crippen LogP contribution in [0.2, 0.25) is 0 Å². The summed E-state index contributed by atoms with van der Waals surface area (Å²) in [6.45, 7) is 3.38. The summed E-state index contributed by atoms with van der Waals surface area (Å²) in [6.07, 6.45) is 1.51. The maximum Gasteiger partial charge on any atom is 0.137 e. The fraction of sp³-hybridized carbons (Fsp3) is 0.667. The van der Waals surface area contributed by atoms with Crippen LogP contribution in [-0.2, 0) is 9.59 Å². The lowest BCUT2D eigenvalue weighted by Crippen LogP contribution is -2.45. The Morgan fingerprint density at radius 2 is 1.30 bits per heavy atom. The van der Waals surface area contributed by atoms with Gasteiger partial charge in [0.2, 0.25) is 0 Å². The maximum absolute atomic E-state index is 10.0. The third-order valence-corrected chi connectivity index (χ3v) is 0.947. The molecule has 0 aliphatic heterocycles. The molecule has 0 saturated heterocycles. The van der Waals surface area contributed by atoms with Crippen molar-refractivity contribution in [2.45, 2.75) is 25.9 Å². The molecule has 4 nitrogen and oxygen atoms in total. The van der Waals surface area contributed by atoms with Gasteiger partial charge in [0.15, 0.2) is 0 Å². The summed E-state index contributed by atoms with van der Waals surface area (Å²) >= 11 is 0. The first-order valence-electron chi connectivity index (χ1n) is 3.12. The van der Waals surface area contributed by atoms with Crippen LogP contribution in [0.4, 0.5) is 0 Å². The van der Waals surface area contributed by atoms with Crippen molar-refractivity contribution in [2.75, 3.05) is 0 Å². The predicted molar refractivity (Wildman–Crippen MR) is 37.3 cm³/mol. The number of carbonyl (C=O) groups is 2. The van der Waals surface area contributed by atoms with E-state index in [1.54, 1.807) is 13.8 Å². The number of aldehydes is 2. The molecule has 0 bridgehead atoms. The Kier molecular flexibility index (Phi) is 4.70. The monoisotopic (exact) mass is 144 g/mol. The molecule has 0 aromatic carbocycles. The Hall–Kier alpha value is -0.740. The number of hydrogen-bond donors (Lipinski definition) is 2. The highest BCUT2D eigenvalue weighted by atomic mass is 16.1. The van der Waals surface area contributed by atoms with Crippen LogP contribution in [0.15, 0.2) is 0 Å². The molecule has 0 amide bonds. The Bertz CT molecular complexity index is 102. The van der Waals surface area contributed by atoms with Gasteiger partial charge in [-0.1, -0.05) is 0 Å². The fourth-order valence-corrected chi connectivity index (χ4v) is 0.331. The van der Waals surface area contributed by atoms with E-state index < -0.39 is 0 Å². The normalized spacial score (nSPS) is 15.8. The molecule has 0 aliphatic rings. The zero-order valence-electron chi connectivity index (χ0n) is 6.13. The van der Waals surface area contributed by atoms with Crippen LogP contribution in [0.5, 0.6) is 0 Å². The highest BCUT2D eigenvalue weighted by Crippen LogP contribution is 1.72. The van der Waals surface area contributed by atoms with Crippen LogP contribution in [0.1, 0.15) is 13.8 Å². The number of carbonyl (C=O) groups excluding carboxylic acids is 2. The van der Waals surface area contributed by atoms with Gasteiger partial charge >= 0.3 is 0 Å². The molecule has 0 spiro atoms. The van der Waals surface area contributed by atoms with Gasteiger partial charge in [0, 0.05) is 0 Å². The van der Waals surface area contributed by atoms with Gasteiger partial charge in [-0.05, 0) is 13.8 Å². The summed E-state index contributed by atoms with van der Waals surface area (Å²) < 4.78 is 0. The van der Waals surface area contributed by atoms with Gasteiger partial charge in [-0.2, -0.15) is 0 Å². The molecule has 2 atom stereocenters. The maximum atomic E-state index is 10.0. The zero-order chi connectivity index (χ0) is 7.98. The third kappa shape index (κ3) is 4.17. The minimum absolute atomic E-state index is 0.262. The molecule has 10 heavy (non-hydrogen) atoms. The van der Waals surface area contributed by atoms with Crippen LogP contribution in [0, 0.1) is 0 Å². The topological polar surface area (TPSA) is 58.2 Å². The lowest BCUT2D eigenvalue weighted by Gasteiger charge is -2.10. The van der Waals surface area contributed by atoms with Crippen LogP contribution < -0.4 is 10.9 Å². The van der Waals surface area contributed by atoms with E-state index in [-0.39, 0.29) is 12.1 Å². The van der Waals surface area contributed by atoms with E-state index in [1.165, 1.54) is 0 Å². The average molecular weight is 144 g/mol. The third-order valence-electron chi connectivity index (χ3n) is 0.947. The van der Waals surface area contributed by atoms with Crippen molar-refractivity contribution in [2.24, 2.45) is 0 Å². The summed E-state index contributed by atoms with van der Waals surface area (Å²) in [6, 6.07) is -0.523. The second-order valence-electron chi connectivity index (χ2n) is 2.14. The van der Waals surface area contributed by atoms with Crippen molar-refractivity contribution in [3.8, 4) is 0 Å². The Balaban J connectivity index is 3.34. The molecule has 0 aromatic rings. The quantitative estimate of drug-likeness (QED) is 0.394. The molecule has 0 radical (unpaired) electrons. The molecule has 0 fully saturated rings. The van der Waals surface area contributed by atoms with Gasteiger partial charge in [0.25, 0.3) is 0 Å². The van der Waals surface area contributed by atoms with E-state index in [0.29, 0.717) is 0 Å². The summed E-state index contributed by atoms with van der Waals surface area (Å²) in [4.78, 5) is 20.0. The molecule has 0 aliphatic carbocycles. The molecule has 58 valence electrons. The molecule has 0 heterocycles. The fourth-order valence-electron chi connectivity index (χ4n) is 0.331. The van der Waals surface area contributed by atoms with Crippen LogP contribution in [0.25, 0.3) is 0 Å². The van der Waals surface area contributed by atoms with Gasteiger partial charge in [0.05, 0.1) is 12.1 Å². The number of nitrogens with one attached hydrogen (secondary N) is 2. The zero-order valence-corrected chi connectivity index (χ0v) is 6.13. The smallest absolute Gasteiger partial charge is 0.137 e. The van der Waals surface area contributed by atoms with Crippen LogP contribution >= 0.6 is 0 Å². The van der Waals surface area contributed by atoms with E-state index in [9.17, 15) is 9.59 Å². The van der Waals surface area contributed by atoms with Crippen LogP contribution in [0.3, 0.4) is 0 Å². The highest BCUT2D eigenvalue weighted by Gasteiger charge is 1.99. The molecule has 0 saturated carbocycles. The van der Waals surface area contributed by atoms with Gasteiger partial charge in [-0.3, -0.25) is 0 Å². The van der Waals surface area contributed by atoms with Crippen molar-refractivity contribution < 1.29 is 9.59 Å². The Morgan fingerprint density at radius 3 is 1.50 bits per heavy atom. The summed E-state index contributed by atoms with van der Waals surface area (Å²) in [5.74, 6) is 0. The minimum atomic E-state index is -0.262. The number of hydrogen-bond acceptors (Lipinski definition) is 4.